The van der Waals surface area contributed by atoms with E-state index >= 15 is 0 Å². The van der Waals surface area contributed by atoms with Gasteiger partial charge < -0.3 is 4.74 Å². The highest BCUT2D eigenvalue weighted by Crippen LogP contribution is 2.23. The number of halogens is 1. The first-order valence-corrected chi connectivity index (χ1v) is 10.3. The molecule has 0 spiro atoms. The van der Waals surface area contributed by atoms with E-state index in [1.807, 2.05) is 19.9 Å². The zero-order valence-corrected chi connectivity index (χ0v) is 17.9. The second-order valence-corrected chi connectivity index (χ2v) is 9.20. The van der Waals surface area contributed by atoms with Crippen molar-refractivity contribution in [3.63, 3.8) is 0 Å². The monoisotopic (exact) mass is 423 g/mol. The molecule has 0 fully saturated rings. The molecule has 0 amide bonds. The number of benzene rings is 2. The van der Waals surface area contributed by atoms with Crippen molar-refractivity contribution in [2.45, 2.75) is 31.8 Å². The number of esters is 1. The van der Waals surface area contributed by atoms with Crippen molar-refractivity contribution < 1.29 is 22.7 Å². The third-order valence-corrected chi connectivity index (χ3v) is 6.52. The predicted molar refractivity (Wildman–Crippen MR) is 107 cm³/mol. The van der Waals surface area contributed by atoms with Crippen molar-refractivity contribution in [1.29, 1.82) is 0 Å². The van der Waals surface area contributed by atoms with Gasteiger partial charge in [0.25, 0.3) is 0 Å². The van der Waals surface area contributed by atoms with Crippen LogP contribution in [-0.2, 0) is 14.8 Å². The van der Waals surface area contributed by atoms with Crippen LogP contribution in [0.2, 0.25) is 5.02 Å². The van der Waals surface area contributed by atoms with Gasteiger partial charge >= 0.3 is 5.97 Å². The number of aryl methyl sites for hydroxylation is 2. The number of rotatable bonds is 6. The van der Waals surface area contributed by atoms with E-state index in [9.17, 15) is 18.0 Å². The smallest absolute Gasteiger partial charge is 0.340 e. The molecule has 0 heterocycles. The minimum atomic E-state index is -3.75. The molecule has 0 saturated carbocycles. The lowest BCUT2D eigenvalue weighted by Gasteiger charge is -2.15. The Morgan fingerprint density at radius 1 is 1.04 bits per heavy atom. The largest absolute Gasteiger partial charge is 0.451 e. The number of ketones is 1. The highest BCUT2D eigenvalue weighted by Gasteiger charge is 2.25. The fraction of sp³-hybridized carbons (Fsp3) is 0.300. The summed E-state index contributed by atoms with van der Waals surface area (Å²) in [7, 11) is -0.984. The summed E-state index contributed by atoms with van der Waals surface area (Å²) < 4.78 is 30.8. The van der Waals surface area contributed by atoms with Gasteiger partial charge in [0, 0.05) is 19.7 Å². The molecule has 0 aliphatic carbocycles. The van der Waals surface area contributed by atoms with Crippen LogP contribution in [0.5, 0.6) is 0 Å². The summed E-state index contributed by atoms with van der Waals surface area (Å²) in [5, 5.41) is 0.0357. The maximum absolute atomic E-state index is 12.6. The van der Waals surface area contributed by atoms with Crippen molar-refractivity contribution in [1.82, 2.24) is 4.31 Å². The minimum absolute atomic E-state index is 0.0357. The summed E-state index contributed by atoms with van der Waals surface area (Å²) in [5.41, 5.74) is 2.31. The average molecular weight is 424 g/mol. The molecule has 2 aromatic rings. The van der Waals surface area contributed by atoms with Gasteiger partial charge in [-0.3, -0.25) is 4.79 Å². The second kappa shape index (κ2) is 8.43. The maximum atomic E-state index is 12.6. The first kappa shape index (κ1) is 22.1. The summed E-state index contributed by atoms with van der Waals surface area (Å²) in [6, 6.07) is 8.99. The Morgan fingerprint density at radius 3 is 2.25 bits per heavy atom. The lowest BCUT2D eigenvalue weighted by atomic mass is 10.0. The van der Waals surface area contributed by atoms with Crippen molar-refractivity contribution in [3.05, 3.63) is 63.7 Å². The van der Waals surface area contributed by atoms with E-state index in [2.05, 4.69) is 0 Å². The number of carbonyl (C=O) groups is 2. The third kappa shape index (κ3) is 4.60. The van der Waals surface area contributed by atoms with E-state index in [-0.39, 0.29) is 21.3 Å². The van der Waals surface area contributed by atoms with Gasteiger partial charge in [-0.2, -0.15) is 0 Å². The summed E-state index contributed by atoms with van der Waals surface area (Å²) in [5.74, 6) is -1.23. The lowest BCUT2D eigenvalue weighted by Crippen LogP contribution is -2.25. The molecule has 0 saturated heterocycles. The van der Waals surface area contributed by atoms with E-state index in [0.29, 0.717) is 5.56 Å². The van der Waals surface area contributed by atoms with Gasteiger partial charge in [-0.25, -0.2) is 17.5 Å². The molecule has 150 valence electrons. The number of Topliss-reactive ketones (excluding diaryl/α,β-unsaturated/α-hetero) is 1. The van der Waals surface area contributed by atoms with Gasteiger partial charge in [0.15, 0.2) is 6.10 Å². The van der Waals surface area contributed by atoms with Gasteiger partial charge in [-0.15, -0.1) is 0 Å². The fourth-order valence-corrected chi connectivity index (χ4v) is 3.56. The molecule has 2 aromatic carbocycles. The normalized spacial score (nSPS) is 12.7. The summed E-state index contributed by atoms with van der Waals surface area (Å²) in [6.45, 7) is 5.28. The SMILES string of the molecule is Cc1ccc(C(=O)C(C)OC(=O)c2cc(S(=O)(=O)N(C)C)ccc2Cl)cc1C. The second-order valence-electron chi connectivity index (χ2n) is 6.64. The first-order valence-electron chi connectivity index (χ1n) is 8.49. The molecule has 6 nitrogen and oxygen atoms in total. The van der Waals surface area contributed by atoms with E-state index < -0.39 is 22.1 Å². The number of hydrogen-bond acceptors (Lipinski definition) is 5. The van der Waals surface area contributed by atoms with Crippen molar-refractivity contribution in [2.24, 2.45) is 0 Å². The van der Waals surface area contributed by atoms with E-state index in [1.165, 1.54) is 33.2 Å². The molecular formula is C20H22ClNO5S. The Labute approximate surface area is 170 Å². The maximum Gasteiger partial charge on any atom is 0.340 e. The van der Waals surface area contributed by atoms with Crippen LogP contribution in [0, 0.1) is 13.8 Å². The number of sulfonamides is 1. The van der Waals surface area contributed by atoms with Gasteiger partial charge in [0.05, 0.1) is 15.5 Å². The van der Waals surface area contributed by atoms with Gasteiger partial charge in [-0.1, -0.05) is 23.7 Å². The number of ether oxygens (including phenoxy) is 1. The fourth-order valence-electron chi connectivity index (χ4n) is 2.44. The molecule has 1 unspecified atom stereocenters. The van der Waals surface area contributed by atoms with Crippen LogP contribution in [0.15, 0.2) is 41.3 Å². The minimum Gasteiger partial charge on any atom is -0.451 e. The Bertz CT molecular complexity index is 1030. The van der Waals surface area contributed by atoms with E-state index in [0.717, 1.165) is 21.5 Å². The molecule has 0 N–H and O–H groups in total. The standard InChI is InChI=1S/C20H22ClNO5S/c1-12-6-7-15(10-13(12)2)19(23)14(3)27-20(24)17-11-16(8-9-18(17)21)28(25,26)22(4)5/h6-11,14H,1-5H3. The Morgan fingerprint density at radius 2 is 1.68 bits per heavy atom. The summed E-state index contributed by atoms with van der Waals surface area (Å²) in [4.78, 5) is 25.0. The number of carbonyl (C=O) groups excluding carboxylic acids is 2. The van der Waals surface area contributed by atoms with Crippen LogP contribution in [0.1, 0.15) is 38.8 Å². The Balaban J connectivity index is 2.26. The number of hydrogen-bond donors (Lipinski definition) is 0. The summed E-state index contributed by atoms with van der Waals surface area (Å²) in [6.07, 6.45) is -1.06. The van der Waals surface area contributed by atoms with Crippen LogP contribution in [0.25, 0.3) is 0 Å². The van der Waals surface area contributed by atoms with Crippen LogP contribution >= 0.6 is 11.6 Å². The molecule has 0 aliphatic heterocycles. The average Bonchev–Trinajstić information content (AvgIpc) is 2.63. The lowest BCUT2D eigenvalue weighted by molar-refractivity contribution is 0.0318. The number of nitrogens with zero attached hydrogens (tertiary/aromatic N) is 1. The molecule has 2 rings (SSSR count). The zero-order valence-electron chi connectivity index (χ0n) is 16.3. The van der Waals surface area contributed by atoms with Gasteiger partial charge in [0.2, 0.25) is 15.8 Å². The van der Waals surface area contributed by atoms with E-state index in [1.54, 1.807) is 12.1 Å². The van der Waals surface area contributed by atoms with Gasteiger partial charge in [0.1, 0.15) is 0 Å². The zero-order chi connectivity index (χ0) is 21.2. The summed E-state index contributed by atoms with van der Waals surface area (Å²) >= 11 is 6.04. The molecule has 28 heavy (non-hydrogen) atoms. The van der Waals surface area contributed by atoms with Crippen molar-refractivity contribution >= 4 is 33.4 Å². The van der Waals surface area contributed by atoms with Crippen LogP contribution in [-0.4, -0.2) is 44.7 Å². The quantitative estimate of drug-likeness (QED) is 0.523. The van der Waals surface area contributed by atoms with Crippen LogP contribution in [0.3, 0.4) is 0 Å². The topological polar surface area (TPSA) is 80.8 Å². The first-order chi connectivity index (χ1) is 12.9. The van der Waals surface area contributed by atoms with Crippen molar-refractivity contribution in [3.8, 4) is 0 Å². The molecule has 8 heteroatoms. The molecule has 0 bridgehead atoms. The van der Waals surface area contributed by atoms with Crippen LogP contribution in [0.4, 0.5) is 0 Å². The van der Waals surface area contributed by atoms with Crippen LogP contribution < -0.4 is 0 Å². The van der Waals surface area contributed by atoms with E-state index in [4.69, 9.17) is 16.3 Å². The molecular weight excluding hydrogens is 402 g/mol. The predicted octanol–water partition coefficient (Wildman–Crippen LogP) is 3.64. The molecule has 0 aliphatic rings. The third-order valence-electron chi connectivity index (χ3n) is 4.38. The molecule has 0 aromatic heterocycles. The Hall–Kier alpha value is -2.22. The molecule has 0 radical (unpaired) electrons. The highest BCUT2D eigenvalue weighted by molar-refractivity contribution is 7.89. The highest BCUT2D eigenvalue weighted by atomic mass is 35.5. The van der Waals surface area contributed by atoms with Gasteiger partial charge in [-0.05, 0) is 56.2 Å². The molecule has 1 atom stereocenters. The van der Waals surface area contributed by atoms with Crippen molar-refractivity contribution in [2.75, 3.05) is 14.1 Å². The Kier molecular flexibility index (Phi) is 6.64.